The van der Waals surface area contributed by atoms with E-state index < -0.39 is 9.84 Å². The van der Waals surface area contributed by atoms with Gasteiger partial charge in [0.25, 0.3) is 0 Å². The summed E-state index contributed by atoms with van der Waals surface area (Å²) in [5, 5.41) is 3.29. The Morgan fingerprint density at radius 1 is 1.00 bits per heavy atom. The maximum absolute atomic E-state index is 13.4. The number of ether oxygens (including phenoxy) is 2. The molecule has 3 aromatic rings. The topological polar surface area (TPSA) is 90.7 Å². The molecule has 0 amide bonds. The monoisotopic (exact) mass is 488 g/mol. The van der Waals surface area contributed by atoms with E-state index in [9.17, 15) is 8.42 Å². The van der Waals surface area contributed by atoms with E-state index in [2.05, 4.69) is 5.32 Å². The Balaban J connectivity index is 0.00000306. The van der Waals surface area contributed by atoms with Gasteiger partial charge in [0.1, 0.15) is 16.4 Å². The minimum atomic E-state index is -3.74. The van der Waals surface area contributed by atoms with E-state index in [4.69, 9.17) is 15.2 Å². The van der Waals surface area contributed by atoms with Crippen LogP contribution in [-0.4, -0.2) is 29.2 Å². The van der Waals surface area contributed by atoms with Crippen LogP contribution >= 0.6 is 12.4 Å². The molecule has 0 spiro atoms. The fourth-order valence-electron chi connectivity index (χ4n) is 4.05. The van der Waals surface area contributed by atoms with Gasteiger partial charge in [0, 0.05) is 12.6 Å². The molecule has 1 aliphatic rings. The van der Waals surface area contributed by atoms with Crippen molar-refractivity contribution in [2.24, 2.45) is 5.73 Å². The number of halogens is 1. The van der Waals surface area contributed by atoms with Crippen molar-refractivity contribution in [3.8, 4) is 11.5 Å². The Morgan fingerprint density at radius 3 is 2.45 bits per heavy atom. The van der Waals surface area contributed by atoms with Gasteiger partial charge in [-0.3, -0.25) is 0 Å². The lowest BCUT2D eigenvalue weighted by atomic mass is 10.00. The van der Waals surface area contributed by atoms with Crippen molar-refractivity contribution in [3.63, 3.8) is 0 Å². The zero-order chi connectivity index (χ0) is 22.7. The lowest BCUT2D eigenvalue weighted by molar-refractivity contribution is 0.401. The van der Waals surface area contributed by atoms with Crippen LogP contribution < -0.4 is 20.5 Å². The van der Waals surface area contributed by atoms with Gasteiger partial charge in [-0.2, -0.15) is 0 Å². The molecule has 1 atom stereocenters. The van der Waals surface area contributed by atoms with Crippen LogP contribution in [0.25, 0.3) is 0 Å². The Bertz CT molecular complexity index is 1210. The van der Waals surface area contributed by atoms with Crippen molar-refractivity contribution in [1.29, 1.82) is 0 Å². The zero-order valence-electron chi connectivity index (χ0n) is 18.7. The summed E-state index contributed by atoms with van der Waals surface area (Å²) >= 11 is 0. The maximum Gasteiger partial charge on any atom is 0.210 e. The molecule has 0 saturated carbocycles. The van der Waals surface area contributed by atoms with Gasteiger partial charge < -0.3 is 20.5 Å². The van der Waals surface area contributed by atoms with Crippen LogP contribution in [0, 0.1) is 0 Å². The SMILES string of the molecule is COc1cccc(CC(N)c2ccc(S(=O)(=O)c3cc4c(cc3OC)CCNC4)cc2)c1.Cl. The average Bonchev–Trinajstić information content (AvgIpc) is 2.83. The van der Waals surface area contributed by atoms with Crippen molar-refractivity contribution in [1.82, 2.24) is 5.32 Å². The number of benzene rings is 3. The van der Waals surface area contributed by atoms with Crippen LogP contribution in [0.2, 0.25) is 0 Å². The van der Waals surface area contributed by atoms with E-state index in [1.165, 1.54) is 7.11 Å². The molecule has 1 aliphatic heterocycles. The van der Waals surface area contributed by atoms with Gasteiger partial charge in [-0.15, -0.1) is 12.4 Å². The molecule has 0 bridgehead atoms. The first-order valence-corrected chi connectivity index (χ1v) is 12.0. The minimum Gasteiger partial charge on any atom is -0.497 e. The molecule has 1 heterocycles. The summed E-state index contributed by atoms with van der Waals surface area (Å²) in [5.74, 6) is 1.16. The van der Waals surface area contributed by atoms with Crippen LogP contribution in [0.1, 0.15) is 28.3 Å². The molecular formula is C25H29ClN2O4S. The minimum absolute atomic E-state index is 0. The molecule has 0 radical (unpaired) electrons. The van der Waals surface area contributed by atoms with Gasteiger partial charge in [-0.1, -0.05) is 24.3 Å². The summed E-state index contributed by atoms with van der Waals surface area (Å²) in [5.41, 5.74) is 10.4. The third-order valence-corrected chi connectivity index (χ3v) is 7.66. The van der Waals surface area contributed by atoms with E-state index >= 15 is 0 Å². The molecule has 0 aliphatic carbocycles. The third kappa shape index (κ3) is 5.33. The second-order valence-corrected chi connectivity index (χ2v) is 9.85. The third-order valence-electron chi connectivity index (χ3n) is 5.87. The smallest absolute Gasteiger partial charge is 0.210 e. The molecule has 8 heteroatoms. The molecule has 3 aromatic carbocycles. The van der Waals surface area contributed by atoms with Crippen LogP contribution in [0.3, 0.4) is 0 Å². The fraction of sp³-hybridized carbons (Fsp3) is 0.280. The van der Waals surface area contributed by atoms with E-state index in [-0.39, 0.29) is 28.2 Å². The van der Waals surface area contributed by atoms with Gasteiger partial charge in [-0.25, -0.2) is 8.42 Å². The molecule has 0 saturated heterocycles. The van der Waals surface area contributed by atoms with Crippen LogP contribution in [0.4, 0.5) is 0 Å². The molecule has 3 N–H and O–H groups in total. The Kier molecular flexibility index (Phi) is 8.02. The number of fused-ring (bicyclic) bond motifs is 1. The molecule has 176 valence electrons. The van der Waals surface area contributed by atoms with Gasteiger partial charge in [0.05, 0.1) is 19.1 Å². The summed E-state index contributed by atoms with van der Waals surface area (Å²) in [7, 11) is -0.602. The first kappa shape index (κ1) is 25.1. The van der Waals surface area contributed by atoms with Gasteiger partial charge >= 0.3 is 0 Å². The highest BCUT2D eigenvalue weighted by Crippen LogP contribution is 2.34. The Labute approximate surface area is 201 Å². The quantitative estimate of drug-likeness (QED) is 0.525. The number of methoxy groups -OCH3 is 2. The van der Waals surface area contributed by atoms with Crippen molar-refractivity contribution in [3.05, 3.63) is 82.9 Å². The van der Waals surface area contributed by atoms with Gasteiger partial charge in [0.15, 0.2) is 0 Å². The highest BCUT2D eigenvalue weighted by Gasteiger charge is 2.25. The molecular weight excluding hydrogens is 460 g/mol. The summed E-state index contributed by atoms with van der Waals surface area (Å²) in [4.78, 5) is 0.410. The number of nitrogens with one attached hydrogen (secondary N) is 1. The zero-order valence-corrected chi connectivity index (χ0v) is 20.3. The molecule has 1 unspecified atom stereocenters. The van der Waals surface area contributed by atoms with E-state index in [1.54, 1.807) is 37.4 Å². The van der Waals surface area contributed by atoms with Gasteiger partial charge in [-0.05, 0) is 78.0 Å². The van der Waals surface area contributed by atoms with E-state index in [0.717, 1.165) is 41.0 Å². The standard InChI is InChI=1S/C25H28N2O4S.ClH/c1-30-21-5-3-4-17(12-21)13-23(26)18-6-8-22(9-7-18)32(28,29)25-15-20-16-27-11-10-19(20)14-24(25)31-2;/h3-9,12,14-15,23,27H,10-11,13,16,26H2,1-2H3;1H. The lowest BCUT2D eigenvalue weighted by Gasteiger charge is -2.20. The molecule has 6 nitrogen and oxygen atoms in total. The Hall–Kier alpha value is -2.58. The van der Waals surface area contributed by atoms with Crippen molar-refractivity contribution in [2.45, 2.75) is 35.2 Å². The molecule has 4 rings (SSSR count). The van der Waals surface area contributed by atoms with Gasteiger partial charge in [0.2, 0.25) is 9.84 Å². The second kappa shape index (κ2) is 10.6. The largest absolute Gasteiger partial charge is 0.497 e. The highest BCUT2D eigenvalue weighted by atomic mass is 35.5. The van der Waals surface area contributed by atoms with E-state index in [0.29, 0.717) is 18.7 Å². The van der Waals surface area contributed by atoms with Crippen molar-refractivity contribution < 1.29 is 17.9 Å². The summed E-state index contributed by atoms with van der Waals surface area (Å²) < 4.78 is 37.5. The van der Waals surface area contributed by atoms with Crippen LogP contribution in [0.5, 0.6) is 11.5 Å². The van der Waals surface area contributed by atoms with Crippen molar-refractivity contribution >= 4 is 22.2 Å². The number of hydrogen-bond acceptors (Lipinski definition) is 6. The molecule has 33 heavy (non-hydrogen) atoms. The van der Waals surface area contributed by atoms with Crippen LogP contribution in [-0.2, 0) is 29.2 Å². The fourth-order valence-corrected chi connectivity index (χ4v) is 5.50. The summed E-state index contributed by atoms with van der Waals surface area (Å²) in [6, 6.07) is 17.9. The first-order valence-electron chi connectivity index (χ1n) is 10.6. The first-order chi connectivity index (χ1) is 15.4. The normalized spacial score (nSPS) is 14.0. The number of hydrogen-bond donors (Lipinski definition) is 2. The number of nitrogens with two attached hydrogens (primary N) is 1. The predicted molar refractivity (Wildman–Crippen MR) is 131 cm³/mol. The number of rotatable bonds is 7. The summed E-state index contributed by atoms with van der Waals surface area (Å²) in [6.07, 6.45) is 1.47. The average molecular weight is 489 g/mol. The number of sulfone groups is 1. The highest BCUT2D eigenvalue weighted by molar-refractivity contribution is 7.91. The maximum atomic E-state index is 13.4. The van der Waals surface area contributed by atoms with Crippen molar-refractivity contribution in [2.75, 3.05) is 20.8 Å². The van der Waals surface area contributed by atoms with E-state index in [1.807, 2.05) is 30.3 Å². The molecule has 0 aromatic heterocycles. The second-order valence-electron chi connectivity index (χ2n) is 7.93. The molecule has 0 fully saturated rings. The predicted octanol–water partition coefficient (Wildman–Crippen LogP) is 3.85. The summed E-state index contributed by atoms with van der Waals surface area (Å²) in [6.45, 7) is 1.53. The Morgan fingerprint density at radius 2 is 1.76 bits per heavy atom. The lowest BCUT2D eigenvalue weighted by Crippen LogP contribution is -2.24. The van der Waals surface area contributed by atoms with Crippen LogP contribution in [0.15, 0.2) is 70.5 Å².